The number of fused-ring (bicyclic) bond motifs is 3. The third-order valence-corrected chi connectivity index (χ3v) is 5.41. The van der Waals surface area contributed by atoms with E-state index in [1.807, 2.05) is 67.8 Å². The van der Waals surface area contributed by atoms with E-state index in [0.29, 0.717) is 10.8 Å². The van der Waals surface area contributed by atoms with E-state index < -0.39 is 0 Å². The van der Waals surface area contributed by atoms with E-state index in [9.17, 15) is 0 Å². The first-order valence-electron chi connectivity index (χ1n) is 9.22. The van der Waals surface area contributed by atoms with E-state index in [1.54, 1.807) is 6.26 Å². The molecule has 140 valence electrons. The molecule has 0 aliphatic carbocycles. The summed E-state index contributed by atoms with van der Waals surface area (Å²) in [5.41, 5.74) is 6.06. The number of imidazole rings is 1. The van der Waals surface area contributed by atoms with Gasteiger partial charge in [-0.05, 0) is 43.3 Å². The van der Waals surface area contributed by atoms with Gasteiger partial charge in [0.05, 0.1) is 29.4 Å². The van der Waals surface area contributed by atoms with Crippen LogP contribution in [-0.4, -0.2) is 15.3 Å². The Morgan fingerprint density at radius 1 is 1.10 bits per heavy atom. The lowest BCUT2D eigenvalue weighted by atomic mass is 9.98. The first kappa shape index (κ1) is 17.5. The van der Waals surface area contributed by atoms with Crippen molar-refractivity contribution in [1.82, 2.24) is 9.55 Å². The quantitative estimate of drug-likeness (QED) is 0.408. The maximum atomic E-state index is 6.54. The molecule has 29 heavy (non-hydrogen) atoms. The summed E-state index contributed by atoms with van der Waals surface area (Å²) < 4.78 is 7.68. The first-order valence-corrected chi connectivity index (χ1v) is 9.60. The zero-order valence-corrected chi connectivity index (χ0v) is 16.4. The molecule has 0 bridgehead atoms. The summed E-state index contributed by atoms with van der Waals surface area (Å²) in [5.74, 6) is 3.43. The highest BCUT2D eigenvalue weighted by molar-refractivity contribution is 6.35. The van der Waals surface area contributed by atoms with Crippen molar-refractivity contribution in [2.45, 2.75) is 13.0 Å². The first-order chi connectivity index (χ1) is 14.2. The fourth-order valence-electron chi connectivity index (χ4n) is 3.77. The highest BCUT2D eigenvalue weighted by Gasteiger charge is 2.28. The number of furan rings is 1. The molecule has 3 heterocycles. The summed E-state index contributed by atoms with van der Waals surface area (Å²) in [5, 5.41) is 0.645. The molecule has 5 rings (SSSR count). The molecule has 1 atom stereocenters. The van der Waals surface area contributed by atoms with Crippen LogP contribution in [-0.2, 0) is 0 Å². The van der Waals surface area contributed by atoms with Gasteiger partial charge >= 0.3 is 0 Å². The molecule has 5 heteroatoms. The van der Waals surface area contributed by atoms with E-state index in [0.717, 1.165) is 39.5 Å². The van der Waals surface area contributed by atoms with E-state index in [2.05, 4.69) is 15.5 Å². The SMILES string of the molecule is C#Cc1ccc2c(c1)C(c1ccccc1Cl)=N[C@H](C)c1c(-c3ccco3)ncn1-2. The molecule has 4 nitrogen and oxygen atoms in total. The minimum atomic E-state index is -0.175. The number of terminal acetylenes is 1. The topological polar surface area (TPSA) is 43.3 Å². The van der Waals surface area contributed by atoms with Gasteiger partial charge in [0.1, 0.15) is 12.0 Å². The average molecular weight is 398 g/mol. The number of hydrogen-bond donors (Lipinski definition) is 0. The van der Waals surface area contributed by atoms with E-state index in [1.165, 1.54) is 0 Å². The van der Waals surface area contributed by atoms with Crippen LogP contribution in [0.5, 0.6) is 0 Å². The van der Waals surface area contributed by atoms with Gasteiger partial charge < -0.3 is 4.42 Å². The molecular formula is C24H16ClN3O. The van der Waals surface area contributed by atoms with E-state index in [4.69, 9.17) is 27.4 Å². The molecule has 1 aliphatic rings. The van der Waals surface area contributed by atoms with Gasteiger partial charge in [0.15, 0.2) is 5.76 Å². The Morgan fingerprint density at radius 2 is 1.97 bits per heavy atom. The number of aliphatic imine (C=N–C) groups is 1. The van der Waals surface area contributed by atoms with Crippen LogP contribution in [0.3, 0.4) is 0 Å². The zero-order valence-electron chi connectivity index (χ0n) is 15.6. The average Bonchev–Trinajstić information content (AvgIpc) is 3.39. The standard InChI is InChI=1S/C24H16ClN3O/c1-3-16-10-11-20-18(13-16)22(17-7-4-5-8-19(17)25)27-15(2)24-23(26-14-28(20)24)21-9-6-12-29-21/h1,4-15H,2H3/t15-/m1/s1. The number of nitrogens with zero attached hydrogens (tertiary/aromatic N) is 3. The zero-order chi connectivity index (χ0) is 20.0. The molecule has 0 unspecified atom stereocenters. The van der Waals surface area contributed by atoms with Crippen molar-refractivity contribution in [3.63, 3.8) is 0 Å². The Hall–Kier alpha value is -3.55. The molecule has 0 saturated heterocycles. The second-order valence-corrected chi connectivity index (χ2v) is 7.24. The molecular weight excluding hydrogens is 382 g/mol. The van der Waals surface area contributed by atoms with Gasteiger partial charge in [0.2, 0.25) is 0 Å². The molecule has 0 saturated carbocycles. The highest BCUT2D eigenvalue weighted by atomic mass is 35.5. The van der Waals surface area contributed by atoms with Crippen LogP contribution in [0.2, 0.25) is 5.02 Å². The van der Waals surface area contributed by atoms with Crippen LogP contribution in [0.25, 0.3) is 17.1 Å². The van der Waals surface area contributed by atoms with Crippen molar-refractivity contribution in [1.29, 1.82) is 0 Å². The fraction of sp³-hybridized carbons (Fsp3) is 0.0833. The molecule has 2 aromatic carbocycles. The maximum Gasteiger partial charge on any atom is 0.154 e. The Kier molecular flexibility index (Phi) is 4.12. The number of rotatable bonds is 2. The van der Waals surface area contributed by atoms with Crippen molar-refractivity contribution in [3.8, 4) is 29.5 Å². The second-order valence-electron chi connectivity index (χ2n) is 6.84. The maximum absolute atomic E-state index is 6.54. The van der Waals surface area contributed by atoms with Gasteiger partial charge in [-0.3, -0.25) is 9.56 Å². The number of hydrogen-bond acceptors (Lipinski definition) is 3. The molecule has 1 aliphatic heterocycles. The third kappa shape index (κ3) is 2.79. The van der Waals surface area contributed by atoms with Gasteiger partial charge in [-0.2, -0.15) is 0 Å². The van der Waals surface area contributed by atoms with Crippen LogP contribution in [0.15, 0.2) is 76.6 Å². The van der Waals surface area contributed by atoms with Crippen LogP contribution in [0, 0.1) is 12.3 Å². The summed E-state index contributed by atoms with van der Waals surface area (Å²) in [6.07, 6.45) is 9.13. The molecule has 0 radical (unpaired) electrons. The van der Waals surface area contributed by atoms with Gasteiger partial charge in [-0.15, -0.1) is 6.42 Å². The second kappa shape index (κ2) is 6.80. The van der Waals surface area contributed by atoms with E-state index >= 15 is 0 Å². The summed E-state index contributed by atoms with van der Waals surface area (Å²) in [7, 11) is 0. The number of benzene rings is 2. The summed E-state index contributed by atoms with van der Waals surface area (Å²) in [6.45, 7) is 2.05. The Bertz CT molecular complexity index is 1290. The lowest BCUT2D eigenvalue weighted by Gasteiger charge is -2.13. The lowest BCUT2D eigenvalue weighted by Crippen LogP contribution is -2.08. The van der Waals surface area contributed by atoms with Crippen LogP contribution >= 0.6 is 11.6 Å². The largest absolute Gasteiger partial charge is 0.463 e. The Morgan fingerprint density at radius 3 is 2.72 bits per heavy atom. The van der Waals surface area contributed by atoms with Crippen LogP contribution in [0.1, 0.15) is 35.3 Å². The summed E-state index contributed by atoms with van der Waals surface area (Å²) >= 11 is 6.54. The Labute approximate surface area is 173 Å². The Balaban J connectivity index is 1.83. The van der Waals surface area contributed by atoms with Crippen molar-refractivity contribution in [2.24, 2.45) is 4.99 Å². The third-order valence-electron chi connectivity index (χ3n) is 5.08. The number of halogens is 1. The predicted molar refractivity (Wildman–Crippen MR) is 115 cm³/mol. The molecule has 0 N–H and O–H groups in total. The molecule has 4 aromatic rings. The number of aromatic nitrogens is 2. The van der Waals surface area contributed by atoms with Gasteiger partial charge in [0.25, 0.3) is 0 Å². The van der Waals surface area contributed by atoms with E-state index in [-0.39, 0.29) is 6.04 Å². The summed E-state index contributed by atoms with van der Waals surface area (Å²) in [6, 6.07) is 17.2. The molecule has 0 amide bonds. The van der Waals surface area contributed by atoms with Crippen molar-refractivity contribution < 1.29 is 4.42 Å². The minimum Gasteiger partial charge on any atom is -0.463 e. The van der Waals surface area contributed by atoms with Crippen molar-refractivity contribution in [3.05, 3.63) is 94.6 Å². The fourth-order valence-corrected chi connectivity index (χ4v) is 4.00. The van der Waals surface area contributed by atoms with Crippen LogP contribution < -0.4 is 0 Å². The minimum absolute atomic E-state index is 0.175. The normalized spacial score (nSPS) is 15.1. The summed E-state index contributed by atoms with van der Waals surface area (Å²) in [4.78, 5) is 9.69. The monoisotopic (exact) mass is 397 g/mol. The van der Waals surface area contributed by atoms with Crippen molar-refractivity contribution in [2.75, 3.05) is 0 Å². The predicted octanol–water partition coefficient (Wildman–Crippen LogP) is 5.68. The molecule has 0 spiro atoms. The molecule has 0 fully saturated rings. The van der Waals surface area contributed by atoms with Gasteiger partial charge in [0, 0.05) is 21.7 Å². The van der Waals surface area contributed by atoms with Gasteiger partial charge in [-0.1, -0.05) is 35.7 Å². The lowest BCUT2D eigenvalue weighted by molar-refractivity contribution is 0.578. The van der Waals surface area contributed by atoms with Crippen molar-refractivity contribution >= 4 is 17.3 Å². The highest BCUT2D eigenvalue weighted by Crippen LogP contribution is 2.37. The molecule has 2 aromatic heterocycles. The van der Waals surface area contributed by atoms with Gasteiger partial charge in [-0.25, -0.2) is 4.98 Å². The smallest absolute Gasteiger partial charge is 0.154 e. The van der Waals surface area contributed by atoms with Crippen LogP contribution in [0.4, 0.5) is 0 Å².